The van der Waals surface area contributed by atoms with E-state index < -0.39 is 0 Å². The zero-order valence-corrected chi connectivity index (χ0v) is 6.72. The fraction of sp³-hybridized carbons (Fsp3) is 0.714. The Morgan fingerprint density at radius 3 is 2.38 bits per heavy atom. The van der Waals surface area contributed by atoms with Gasteiger partial charge < -0.3 is 0 Å². The van der Waals surface area contributed by atoms with E-state index in [1.54, 1.807) is 0 Å². The molecule has 0 nitrogen and oxygen atoms in total. The molecule has 0 radical (unpaired) electrons. The Bertz CT molecular complexity index is 76.5. The quantitative estimate of drug-likeness (QED) is 0.529. The Labute approximate surface area is 56.4 Å². The van der Waals surface area contributed by atoms with Crippen LogP contribution in [0.4, 0.5) is 0 Å². The summed E-state index contributed by atoms with van der Waals surface area (Å²) in [6.07, 6.45) is 3.29. The molecule has 0 saturated carbocycles. The summed E-state index contributed by atoms with van der Waals surface area (Å²) in [7, 11) is 0. The zero-order chi connectivity index (χ0) is 6.57. The third-order valence-electron chi connectivity index (χ3n) is 1.04. The third kappa shape index (κ3) is 4.25. The molecule has 48 valence electrons. The molecule has 0 aliphatic rings. The summed E-state index contributed by atoms with van der Waals surface area (Å²) in [6, 6.07) is 0. The summed E-state index contributed by atoms with van der Waals surface area (Å²) in [6.45, 7) is 8.13. The molecule has 0 fully saturated rings. The fourth-order valence-corrected chi connectivity index (χ4v) is 1.03. The molecule has 8 heavy (non-hydrogen) atoms. The van der Waals surface area contributed by atoms with E-state index in [2.05, 4.69) is 26.7 Å². The van der Waals surface area contributed by atoms with Crippen LogP contribution >= 0.6 is 11.8 Å². The van der Waals surface area contributed by atoms with Gasteiger partial charge in [0, 0.05) is 5.25 Å². The molecule has 1 atom stereocenters. The van der Waals surface area contributed by atoms with E-state index in [-0.39, 0.29) is 0 Å². The van der Waals surface area contributed by atoms with Crippen LogP contribution in [-0.2, 0) is 0 Å². The van der Waals surface area contributed by atoms with Crippen molar-refractivity contribution in [2.75, 3.05) is 6.26 Å². The molecule has 0 spiro atoms. The second-order valence-electron chi connectivity index (χ2n) is 2.21. The minimum absolute atomic E-state index is 0.743. The first-order valence-corrected chi connectivity index (χ1v) is 4.12. The average Bonchev–Trinajstić information content (AvgIpc) is 1.65. The van der Waals surface area contributed by atoms with Crippen molar-refractivity contribution in [3.63, 3.8) is 0 Å². The minimum atomic E-state index is 0.743. The van der Waals surface area contributed by atoms with E-state index in [4.69, 9.17) is 0 Å². The molecule has 0 saturated heterocycles. The van der Waals surface area contributed by atoms with Gasteiger partial charge in [-0.15, -0.1) is 6.58 Å². The maximum Gasteiger partial charge on any atom is 0.00529 e. The van der Waals surface area contributed by atoms with Crippen molar-refractivity contribution in [1.29, 1.82) is 0 Å². The van der Waals surface area contributed by atoms with Crippen LogP contribution in [0, 0.1) is 0 Å². The summed E-state index contributed by atoms with van der Waals surface area (Å²) in [5.41, 5.74) is 1.28. The highest BCUT2D eigenvalue weighted by Gasteiger charge is 1.96. The van der Waals surface area contributed by atoms with E-state index in [0.717, 1.165) is 11.7 Å². The molecule has 0 aliphatic carbocycles. The van der Waals surface area contributed by atoms with E-state index in [1.165, 1.54) is 5.57 Å². The maximum absolute atomic E-state index is 3.83. The van der Waals surface area contributed by atoms with Crippen LogP contribution in [0.2, 0.25) is 0 Å². The largest absolute Gasteiger partial charge is 0.162 e. The van der Waals surface area contributed by atoms with Crippen molar-refractivity contribution in [1.82, 2.24) is 0 Å². The van der Waals surface area contributed by atoms with E-state index in [1.807, 2.05) is 11.8 Å². The summed E-state index contributed by atoms with van der Waals surface area (Å²) in [5, 5.41) is 0.743. The van der Waals surface area contributed by atoms with Crippen molar-refractivity contribution in [2.24, 2.45) is 0 Å². The van der Waals surface area contributed by atoms with Crippen molar-refractivity contribution in [3.8, 4) is 0 Å². The Morgan fingerprint density at radius 2 is 2.25 bits per heavy atom. The molecule has 0 N–H and O–H groups in total. The summed E-state index contributed by atoms with van der Waals surface area (Å²) in [4.78, 5) is 0. The van der Waals surface area contributed by atoms with Crippen LogP contribution in [0.3, 0.4) is 0 Å². The normalized spacial score (nSPS) is 13.4. The van der Waals surface area contributed by atoms with E-state index in [9.17, 15) is 0 Å². The summed E-state index contributed by atoms with van der Waals surface area (Å²) in [5.74, 6) is 0. The Kier molecular flexibility index (Phi) is 4.06. The maximum atomic E-state index is 3.83. The molecule has 1 heteroatoms. The highest BCUT2D eigenvalue weighted by atomic mass is 32.2. The van der Waals surface area contributed by atoms with Gasteiger partial charge in [-0.05, 0) is 19.6 Å². The monoisotopic (exact) mass is 130 g/mol. The predicted molar refractivity (Wildman–Crippen MR) is 42.4 cm³/mol. The van der Waals surface area contributed by atoms with Crippen LogP contribution in [0.25, 0.3) is 0 Å². The Balaban J connectivity index is 3.24. The van der Waals surface area contributed by atoms with Gasteiger partial charge in [-0.25, -0.2) is 0 Å². The van der Waals surface area contributed by atoms with E-state index in [0.29, 0.717) is 0 Å². The SMILES string of the molecule is C=C(C)CC(C)SC. The van der Waals surface area contributed by atoms with Crippen molar-refractivity contribution >= 4 is 11.8 Å². The van der Waals surface area contributed by atoms with Crippen molar-refractivity contribution in [2.45, 2.75) is 25.5 Å². The van der Waals surface area contributed by atoms with Crippen LogP contribution < -0.4 is 0 Å². The molecule has 0 amide bonds. The first-order chi connectivity index (χ1) is 3.66. The van der Waals surface area contributed by atoms with Gasteiger partial charge in [0.05, 0.1) is 0 Å². The molecule has 0 aromatic rings. The van der Waals surface area contributed by atoms with Crippen molar-refractivity contribution in [3.05, 3.63) is 12.2 Å². The van der Waals surface area contributed by atoms with Gasteiger partial charge in [-0.3, -0.25) is 0 Å². The molecule has 0 rings (SSSR count). The summed E-state index contributed by atoms with van der Waals surface area (Å²) < 4.78 is 0. The second-order valence-corrected chi connectivity index (χ2v) is 3.48. The molecule has 0 aromatic heterocycles. The molecular weight excluding hydrogens is 116 g/mol. The second kappa shape index (κ2) is 4.02. The van der Waals surface area contributed by atoms with Crippen LogP contribution in [0.1, 0.15) is 20.3 Å². The van der Waals surface area contributed by atoms with Gasteiger partial charge in [-0.1, -0.05) is 12.5 Å². The minimum Gasteiger partial charge on any atom is -0.162 e. The average molecular weight is 130 g/mol. The van der Waals surface area contributed by atoms with Gasteiger partial charge in [0.15, 0.2) is 0 Å². The fourth-order valence-electron chi connectivity index (χ4n) is 0.574. The topological polar surface area (TPSA) is 0 Å². The smallest absolute Gasteiger partial charge is 0.00529 e. The van der Waals surface area contributed by atoms with Gasteiger partial charge in [0.25, 0.3) is 0 Å². The lowest BCUT2D eigenvalue weighted by Crippen LogP contribution is -1.93. The zero-order valence-electron chi connectivity index (χ0n) is 5.90. The standard InChI is InChI=1S/C7H14S/c1-6(2)5-7(3)8-4/h7H,1,5H2,2-4H3. The molecule has 0 bridgehead atoms. The van der Waals surface area contributed by atoms with Gasteiger partial charge >= 0.3 is 0 Å². The number of allylic oxidation sites excluding steroid dienone is 1. The highest BCUT2D eigenvalue weighted by molar-refractivity contribution is 7.99. The Morgan fingerprint density at radius 1 is 1.75 bits per heavy atom. The number of rotatable bonds is 3. The number of hydrogen-bond acceptors (Lipinski definition) is 1. The third-order valence-corrected chi connectivity index (χ3v) is 2.01. The Hall–Kier alpha value is 0.0900. The van der Waals surface area contributed by atoms with Gasteiger partial charge in [-0.2, -0.15) is 11.8 Å². The lowest BCUT2D eigenvalue weighted by atomic mass is 10.2. The van der Waals surface area contributed by atoms with Crippen LogP contribution in [-0.4, -0.2) is 11.5 Å². The van der Waals surface area contributed by atoms with Gasteiger partial charge in [0.1, 0.15) is 0 Å². The van der Waals surface area contributed by atoms with Gasteiger partial charge in [0.2, 0.25) is 0 Å². The lowest BCUT2D eigenvalue weighted by molar-refractivity contribution is 0.933. The summed E-state index contributed by atoms with van der Waals surface area (Å²) >= 11 is 1.89. The highest BCUT2D eigenvalue weighted by Crippen LogP contribution is 2.13. The van der Waals surface area contributed by atoms with Crippen LogP contribution in [0.15, 0.2) is 12.2 Å². The first-order valence-electron chi connectivity index (χ1n) is 2.84. The predicted octanol–water partition coefficient (Wildman–Crippen LogP) is 2.70. The molecule has 0 heterocycles. The molecule has 0 aromatic carbocycles. The molecule has 1 unspecified atom stereocenters. The first kappa shape index (κ1) is 8.09. The molecule has 0 aliphatic heterocycles. The van der Waals surface area contributed by atoms with E-state index >= 15 is 0 Å². The number of hydrogen-bond donors (Lipinski definition) is 0. The van der Waals surface area contributed by atoms with Crippen LogP contribution in [0.5, 0.6) is 0 Å². The molecular formula is C7H14S. The lowest BCUT2D eigenvalue weighted by Gasteiger charge is -2.05. The van der Waals surface area contributed by atoms with Crippen molar-refractivity contribution < 1.29 is 0 Å². The number of thioether (sulfide) groups is 1.